The van der Waals surface area contributed by atoms with Crippen LogP contribution in [-0.2, 0) is 28.6 Å². The lowest BCUT2D eigenvalue weighted by atomic mass is 9.99. The monoisotopic (exact) mass is 1020 g/mol. The summed E-state index contributed by atoms with van der Waals surface area (Å²) >= 11 is 0. The molecule has 0 aromatic heterocycles. The Morgan fingerprint density at radius 3 is 0.722 bits per heavy atom. The molecule has 0 aromatic carbocycles. The lowest BCUT2D eigenvalue weighted by Gasteiger charge is -2.18. The minimum atomic E-state index is -0.765. The molecule has 0 aliphatic carbocycles. The fourth-order valence-corrected chi connectivity index (χ4v) is 10.2. The third kappa shape index (κ3) is 56.1. The van der Waals surface area contributed by atoms with Crippen molar-refractivity contribution in [2.45, 2.75) is 375 Å². The van der Waals surface area contributed by atoms with Gasteiger partial charge in [-0.15, -0.1) is 0 Å². The standard InChI is InChI=1S/C66H128O6/c1-7-61(5)53-47-41-35-29-23-17-13-11-9-10-12-14-20-26-33-39-45-51-57-66(69)72-63(59-71-65(68)56-50-44-38-32-27-21-22-28-34-40-46-52-60(3)4)58-70-64(67)55-49-43-37-31-25-19-16-15-18-24-30-36-42-48-54-62(6)8-2/h60-63H,7-59H2,1-6H3/t61?,62?,63-/m0/s1. The highest BCUT2D eigenvalue weighted by atomic mass is 16.6. The largest absolute Gasteiger partial charge is 0.462 e. The highest BCUT2D eigenvalue weighted by Gasteiger charge is 2.20. The van der Waals surface area contributed by atoms with Crippen LogP contribution in [0.4, 0.5) is 0 Å². The third-order valence-electron chi connectivity index (χ3n) is 15.9. The van der Waals surface area contributed by atoms with Gasteiger partial charge in [-0.25, -0.2) is 0 Å². The van der Waals surface area contributed by atoms with Gasteiger partial charge in [-0.3, -0.25) is 14.4 Å². The average molecular weight is 1020 g/mol. The molecule has 428 valence electrons. The van der Waals surface area contributed by atoms with E-state index >= 15 is 0 Å². The molecule has 0 aliphatic heterocycles. The lowest BCUT2D eigenvalue weighted by Crippen LogP contribution is -2.30. The second-order valence-corrected chi connectivity index (χ2v) is 23.7. The third-order valence-corrected chi connectivity index (χ3v) is 15.9. The molecule has 0 saturated heterocycles. The number of hydrogen-bond donors (Lipinski definition) is 0. The number of ether oxygens (including phenoxy) is 3. The topological polar surface area (TPSA) is 78.9 Å². The Labute approximate surface area is 450 Å². The molecule has 0 saturated carbocycles. The second kappa shape index (κ2) is 57.1. The van der Waals surface area contributed by atoms with Gasteiger partial charge in [-0.1, -0.05) is 330 Å². The molecule has 0 radical (unpaired) electrons. The van der Waals surface area contributed by atoms with Crippen LogP contribution in [0.25, 0.3) is 0 Å². The zero-order valence-corrected chi connectivity index (χ0v) is 49.7. The summed E-state index contributed by atoms with van der Waals surface area (Å²) in [5, 5.41) is 0. The Kier molecular flexibility index (Phi) is 55.9. The fraction of sp³-hybridized carbons (Fsp3) is 0.955. The predicted octanol–water partition coefficient (Wildman–Crippen LogP) is 21.8. The Hall–Kier alpha value is -1.59. The second-order valence-electron chi connectivity index (χ2n) is 23.7. The van der Waals surface area contributed by atoms with Crippen LogP contribution in [0.15, 0.2) is 0 Å². The lowest BCUT2D eigenvalue weighted by molar-refractivity contribution is -0.167. The molecule has 0 heterocycles. The molecule has 0 fully saturated rings. The van der Waals surface area contributed by atoms with Gasteiger partial charge in [0.15, 0.2) is 6.10 Å². The van der Waals surface area contributed by atoms with Gasteiger partial charge in [0, 0.05) is 19.3 Å². The summed E-state index contributed by atoms with van der Waals surface area (Å²) in [6, 6.07) is 0. The molecule has 2 unspecified atom stereocenters. The van der Waals surface area contributed by atoms with Crippen molar-refractivity contribution in [3.8, 4) is 0 Å². The first kappa shape index (κ1) is 70.4. The van der Waals surface area contributed by atoms with Gasteiger partial charge in [0.25, 0.3) is 0 Å². The van der Waals surface area contributed by atoms with E-state index in [0.717, 1.165) is 75.5 Å². The molecule has 6 nitrogen and oxygen atoms in total. The molecule has 0 amide bonds. The maximum absolute atomic E-state index is 12.9. The van der Waals surface area contributed by atoms with Crippen molar-refractivity contribution in [3.63, 3.8) is 0 Å². The van der Waals surface area contributed by atoms with Crippen molar-refractivity contribution in [2.24, 2.45) is 17.8 Å². The Balaban J connectivity index is 4.27. The van der Waals surface area contributed by atoms with E-state index in [4.69, 9.17) is 14.2 Å². The fourth-order valence-electron chi connectivity index (χ4n) is 10.2. The smallest absolute Gasteiger partial charge is 0.306 e. The van der Waals surface area contributed by atoms with E-state index < -0.39 is 6.10 Å². The molecular weight excluding hydrogens is 889 g/mol. The molecule has 72 heavy (non-hydrogen) atoms. The minimum Gasteiger partial charge on any atom is -0.462 e. The maximum atomic E-state index is 12.9. The number of esters is 3. The summed E-state index contributed by atoms with van der Waals surface area (Å²) in [7, 11) is 0. The average Bonchev–Trinajstić information content (AvgIpc) is 3.37. The summed E-state index contributed by atoms with van der Waals surface area (Å²) in [5.74, 6) is 1.80. The van der Waals surface area contributed by atoms with E-state index in [2.05, 4.69) is 41.5 Å². The zero-order valence-electron chi connectivity index (χ0n) is 49.7. The molecule has 0 aromatic rings. The Morgan fingerprint density at radius 2 is 0.486 bits per heavy atom. The highest BCUT2D eigenvalue weighted by Crippen LogP contribution is 2.20. The molecule has 0 N–H and O–H groups in total. The van der Waals surface area contributed by atoms with Crippen molar-refractivity contribution >= 4 is 17.9 Å². The predicted molar refractivity (Wildman–Crippen MR) is 312 cm³/mol. The molecule has 0 bridgehead atoms. The van der Waals surface area contributed by atoms with Crippen LogP contribution in [0.2, 0.25) is 0 Å². The van der Waals surface area contributed by atoms with Crippen molar-refractivity contribution in [1.29, 1.82) is 0 Å². The maximum Gasteiger partial charge on any atom is 0.306 e. The summed E-state index contributed by atoms with van der Waals surface area (Å²) in [4.78, 5) is 38.3. The molecule has 6 heteroatoms. The molecule has 0 rings (SSSR count). The molecule has 3 atom stereocenters. The SMILES string of the molecule is CCC(C)CCCCCCCCCCCCCCCCCCCCC(=O)O[C@@H](COC(=O)CCCCCCCCCCCCCCCCC(C)CC)COC(=O)CCCCCCCCCCCCCC(C)C. The van der Waals surface area contributed by atoms with Gasteiger partial charge in [-0.05, 0) is 37.0 Å². The van der Waals surface area contributed by atoms with Crippen LogP contribution in [-0.4, -0.2) is 37.2 Å². The molecule has 0 spiro atoms. The Bertz CT molecular complexity index is 1120. The van der Waals surface area contributed by atoms with Crippen molar-refractivity contribution < 1.29 is 28.6 Å². The minimum absolute atomic E-state index is 0.0626. The van der Waals surface area contributed by atoms with Crippen molar-refractivity contribution in [3.05, 3.63) is 0 Å². The van der Waals surface area contributed by atoms with E-state index in [1.54, 1.807) is 0 Å². The normalized spacial score (nSPS) is 12.9. The number of carbonyl (C=O) groups is 3. The quantitative estimate of drug-likeness (QED) is 0.0343. The summed E-state index contributed by atoms with van der Waals surface area (Å²) in [6.07, 6.45) is 62.4. The van der Waals surface area contributed by atoms with E-state index in [0.29, 0.717) is 19.3 Å². The summed E-state index contributed by atoms with van der Waals surface area (Å²) in [6.45, 7) is 13.9. The van der Waals surface area contributed by atoms with Gasteiger partial charge >= 0.3 is 17.9 Å². The zero-order chi connectivity index (χ0) is 52.6. The van der Waals surface area contributed by atoms with Gasteiger partial charge < -0.3 is 14.2 Å². The van der Waals surface area contributed by atoms with Crippen LogP contribution in [0.5, 0.6) is 0 Å². The van der Waals surface area contributed by atoms with Gasteiger partial charge in [0.1, 0.15) is 13.2 Å². The van der Waals surface area contributed by atoms with Gasteiger partial charge in [-0.2, -0.15) is 0 Å². The van der Waals surface area contributed by atoms with E-state index in [1.165, 1.54) is 250 Å². The van der Waals surface area contributed by atoms with E-state index in [1.807, 2.05) is 0 Å². The van der Waals surface area contributed by atoms with E-state index in [-0.39, 0.29) is 31.1 Å². The van der Waals surface area contributed by atoms with Crippen LogP contribution >= 0.6 is 0 Å². The van der Waals surface area contributed by atoms with Crippen LogP contribution in [0.1, 0.15) is 369 Å². The highest BCUT2D eigenvalue weighted by molar-refractivity contribution is 5.71. The molecular formula is C66H128O6. The first-order valence-electron chi connectivity index (χ1n) is 32.7. The first-order chi connectivity index (χ1) is 35.2. The number of rotatable bonds is 59. The van der Waals surface area contributed by atoms with Crippen molar-refractivity contribution in [2.75, 3.05) is 13.2 Å². The summed E-state index contributed by atoms with van der Waals surface area (Å²) < 4.78 is 17.0. The number of carbonyl (C=O) groups excluding carboxylic acids is 3. The molecule has 0 aliphatic rings. The van der Waals surface area contributed by atoms with E-state index in [9.17, 15) is 14.4 Å². The van der Waals surface area contributed by atoms with Crippen LogP contribution < -0.4 is 0 Å². The summed E-state index contributed by atoms with van der Waals surface area (Å²) in [5.41, 5.74) is 0. The number of hydrogen-bond acceptors (Lipinski definition) is 6. The van der Waals surface area contributed by atoms with Crippen molar-refractivity contribution in [1.82, 2.24) is 0 Å². The Morgan fingerprint density at radius 1 is 0.278 bits per heavy atom. The van der Waals surface area contributed by atoms with Crippen LogP contribution in [0.3, 0.4) is 0 Å². The first-order valence-corrected chi connectivity index (χ1v) is 32.7. The number of unbranched alkanes of at least 4 members (excludes halogenated alkanes) is 40. The van der Waals surface area contributed by atoms with Crippen LogP contribution in [0, 0.1) is 17.8 Å². The van der Waals surface area contributed by atoms with Gasteiger partial charge in [0.2, 0.25) is 0 Å². The van der Waals surface area contributed by atoms with Gasteiger partial charge in [0.05, 0.1) is 0 Å².